The lowest BCUT2D eigenvalue weighted by molar-refractivity contribution is -0.148. The van der Waals surface area contributed by atoms with Crippen LogP contribution < -0.4 is 0 Å². The van der Waals surface area contributed by atoms with Crippen molar-refractivity contribution < 1.29 is 19.5 Å². The Bertz CT molecular complexity index is 565. The fraction of sp³-hybridized carbons (Fsp3) is 0.357. The van der Waals surface area contributed by atoms with Crippen molar-refractivity contribution in [3.63, 3.8) is 0 Å². The Morgan fingerprint density at radius 3 is 2.63 bits per heavy atom. The molecule has 0 saturated carbocycles. The first-order valence-electron chi connectivity index (χ1n) is 6.03. The van der Waals surface area contributed by atoms with Crippen LogP contribution in [0.1, 0.15) is 29.0 Å². The van der Waals surface area contributed by atoms with Crippen LogP contribution >= 0.6 is 0 Å². The molecule has 100 valence electrons. The second-order valence-corrected chi connectivity index (χ2v) is 4.83. The first kappa shape index (κ1) is 13.3. The molecule has 1 atom stereocenters. The Morgan fingerprint density at radius 2 is 2.05 bits per heavy atom. The summed E-state index contributed by atoms with van der Waals surface area (Å²) >= 11 is 0. The molecule has 1 unspecified atom stereocenters. The average Bonchev–Trinajstić information content (AvgIpc) is 2.57. The Morgan fingerprint density at radius 1 is 1.37 bits per heavy atom. The van der Waals surface area contributed by atoms with E-state index >= 15 is 0 Å². The van der Waals surface area contributed by atoms with E-state index in [2.05, 4.69) is 0 Å². The quantitative estimate of drug-likeness (QED) is 0.830. The summed E-state index contributed by atoms with van der Waals surface area (Å²) in [5.41, 5.74) is 2.83. The van der Waals surface area contributed by atoms with Gasteiger partial charge in [-0.2, -0.15) is 0 Å². The lowest BCUT2D eigenvalue weighted by Gasteiger charge is -2.14. The number of amides is 2. The van der Waals surface area contributed by atoms with Gasteiger partial charge in [0.25, 0.3) is 0 Å². The Hall–Kier alpha value is -2.17. The molecule has 1 saturated heterocycles. The maximum absolute atomic E-state index is 12.1. The van der Waals surface area contributed by atoms with Crippen LogP contribution in [-0.2, 0) is 14.4 Å². The van der Waals surface area contributed by atoms with Crippen molar-refractivity contribution in [3.05, 3.63) is 34.9 Å². The van der Waals surface area contributed by atoms with Crippen LogP contribution in [0, 0.1) is 13.8 Å². The van der Waals surface area contributed by atoms with Crippen molar-refractivity contribution in [2.75, 3.05) is 6.54 Å². The highest BCUT2D eigenvalue weighted by Gasteiger charge is 2.40. The van der Waals surface area contributed by atoms with Gasteiger partial charge in [-0.15, -0.1) is 0 Å². The average molecular weight is 261 g/mol. The zero-order valence-corrected chi connectivity index (χ0v) is 10.8. The molecule has 1 aliphatic rings. The number of carbonyl (C=O) groups excluding carboxylic acids is 2. The van der Waals surface area contributed by atoms with Gasteiger partial charge in [0.1, 0.15) is 6.54 Å². The topological polar surface area (TPSA) is 74.7 Å². The number of likely N-dealkylation sites (tertiary alicyclic amines) is 1. The van der Waals surface area contributed by atoms with Crippen molar-refractivity contribution in [1.82, 2.24) is 4.90 Å². The predicted octanol–water partition coefficient (Wildman–Crippen LogP) is 1.23. The van der Waals surface area contributed by atoms with Crippen LogP contribution in [0.15, 0.2) is 18.2 Å². The van der Waals surface area contributed by atoms with Gasteiger partial charge in [-0.25, -0.2) is 0 Å². The maximum Gasteiger partial charge on any atom is 0.323 e. The van der Waals surface area contributed by atoms with Gasteiger partial charge >= 0.3 is 5.97 Å². The van der Waals surface area contributed by atoms with Crippen LogP contribution in [0.2, 0.25) is 0 Å². The van der Waals surface area contributed by atoms with E-state index in [0.29, 0.717) is 0 Å². The number of hydrogen-bond acceptors (Lipinski definition) is 3. The minimum Gasteiger partial charge on any atom is -0.480 e. The molecule has 1 aliphatic heterocycles. The van der Waals surface area contributed by atoms with Crippen LogP contribution in [0.3, 0.4) is 0 Å². The van der Waals surface area contributed by atoms with Crippen molar-refractivity contribution in [3.8, 4) is 0 Å². The number of imide groups is 1. The fourth-order valence-electron chi connectivity index (χ4n) is 2.44. The molecule has 0 aromatic heterocycles. The largest absolute Gasteiger partial charge is 0.480 e. The minimum absolute atomic E-state index is 0.0516. The van der Waals surface area contributed by atoms with E-state index in [1.165, 1.54) is 0 Å². The number of hydrogen-bond donors (Lipinski definition) is 1. The number of aryl methyl sites for hydroxylation is 2. The number of carbonyl (C=O) groups is 3. The third kappa shape index (κ3) is 2.50. The number of benzene rings is 1. The van der Waals surface area contributed by atoms with E-state index in [4.69, 9.17) is 5.11 Å². The summed E-state index contributed by atoms with van der Waals surface area (Å²) in [7, 11) is 0. The maximum atomic E-state index is 12.1. The lowest BCUT2D eigenvalue weighted by atomic mass is 9.92. The highest BCUT2D eigenvalue weighted by Crippen LogP contribution is 2.31. The van der Waals surface area contributed by atoms with Crippen molar-refractivity contribution in [2.45, 2.75) is 26.2 Å². The molecule has 19 heavy (non-hydrogen) atoms. The van der Waals surface area contributed by atoms with Crippen LogP contribution in [0.5, 0.6) is 0 Å². The number of carboxylic acids is 1. The summed E-state index contributed by atoms with van der Waals surface area (Å²) in [5, 5.41) is 8.71. The molecular formula is C14H15NO4. The van der Waals surface area contributed by atoms with E-state index in [1.54, 1.807) is 0 Å². The van der Waals surface area contributed by atoms with Crippen molar-refractivity contribution in [2.24, 2.45) is 0 Å². The molecular weight excluding hydrogens is 246 g/mol. The van der Waals surface area contributed by atoms with E-state index in [0.717, 1.165) is 21.6 Å². The SMILES string of the molecule is Cc1ccc(C2CC(=O)N(CC(=O)O)C2=O)c(C)c1. The number of nitrogens with zero attached hydrogens (tertiary/aromatic N) is 1. The first-order valence-corrected chi connectivity index (χ1v) is 6.03. The van der Waals surface area contributed by atoms with Gasteiger partial charge in [-0.1, -0.05) is 23.8 Å². The van der Waals surface area contributed by atoms with Gasteiger partial charge in [0.2, 0.25) is 11.8 Å². The van der Waals surface area contributed by atoms with Gasteiger partial charge in [0.15, 0.2) is 0 Å². The number of aliphatic carboxylic acids is 1. The second-order valence-electron chi connectivity index (χ2n) is 4.83. The molecule has 0 aliphatic carbocycles. The molecule has 1 aromatic carbocycles. The van der Waals surface area contributed by atoms with Crippen molar-refractivity contribution >= 4 is 17.8 Å². The van der Waals surface area contributed by atoms with Gasteiger partial charge in [0.05, 0.1) is 5.92 Å². The molecule has 5 nitrogen and oxygen atoms in total. The number of rotatable bonds is 3. The van der Waals surface area contributed by atoms with Crippen molar-refractivity contribution in [1.29, 1.82) is 0 Å². The standard InChI is InChI=1S/C14H15NO4/c1-8-3-4-10(9(2)5-8)11-6-12(16)15(14(11)19)7-13(17)18/h3-5,11H,6-7H2,1-2H3,(H,17,18). The van der Waals surface area contributed by atoms with E-state index in [1.807, 2.05) is 32.0 Å². The second kappa shape index (κ2) is 4.84. The highest BCUT2D eigenvalue weighted by molar-refractivity contribution is 6.07. The third-order valence-electron chi connectivity index (χ3n) is 3.34. The molecule has 5 heteroatoms. The molecule has 1 fully saturated rings. The van der Waals surface area contributed by atoms with E-state index in [9.17, 15) is 14.4 Å². The third-order valence-corrected chi connectivity index (χ3v) is 3.34. The van der Waals surface area contributed by atoms with Crippen LogP contribution in [0.4, 0.5) is 0 Å². The monoisotopic (exact) mass is 261 g/mol. The van der Waals surface area contributed by atoms with Gasteiger partial charge in [0, 0.05) is 6.42 Å². The molecule has 1 aromatic rings. The van der Waals surface area contributed by atoms with Crippen LogP contribution in [0.25, 0.3) is 0 Å². The molecule has 2 rings (SSSR count). The Labute approximate surface area is 110 Å². The zero-order chi connectivity index (χ0) is 14.2. The number of carboxylic acid groups (broad SMARTS) is 1. The molecule has 0 bridgehead atoms. The van der Waals surface area contributed by atoms with Gasteiger partial charge in [-0.05, 0) is 25.0 Å². The Kier molecular flexibility index (Phi) is 3.38. The summed E-state index contributed by atoms with van der Waals surface area (Å²) in [6.07, 6.45) is 0.0516. The normalized spacial score (nSPS) is 19.1. The molecule has 2 amide bonds. The molecule has 0 radical (unpaired) electrons. The van der Waals surface area contributed by atoms with Gasteiger partial charge < -0.3 is 5.11 Å². The lowest BCUT2D eigenvalue weighted by Crippen LogP contribution is -2.35. The predicted molar refractivity (Wildman–Crippen MR) is 67.6 cm³/mol. The smallest absolute Gasteiger partial charge is 0.323 e. The highest BCUT2D eigenvalue weighted by atomic mass is 16.4. The summed E-state index contributed by atoms with van der Waals surface area (Å²) in [6, 6.07) is 5.68. The van der Waals surface area contributed by atoms with E-state index < -0.39 is 30.2 Å². The fourth-order valence-corrected chi connectivity index (χ4v) is 2.44. The molecule has 0 spiro atoms. The first-order chi connectivity index (χ1) is 8.90. The van der Waals surface area contributed by atoms with E-state index in [-0.39, 0.29) is 6.42 Å². The minimum atomic E-state index is -1.18. The summed E-state index contributed by atoms with van der Waals surface area (Å²) in [4.78, 5) is 35.3. The summed E-state index contributed by atoms with van der Waals surface area (Å²) in [6.45, 7) is 3.29. The summed E-state index contributed by atoms with van der Waals surface area (Å²) < 4.78 is 0. The van der Waals surface area contributed by atoms with Gasteiger partial charge in [-0.3, -0.25) is 19.3 Å². The Balaban J connectivity index is 2.30. The zero-order valence-electron chi connectivity index (χ0n) is 10.8. The summed E-state index contributed by atoms with van der Waals surface area (Å²) in [5.74, 6) is -2.56. The molecule has 1 heterocycles. The molecule has 1 N–H and O–H groups in total. The van der Waals surface area contributed by atoms with Crippen LogP contribution in [-0.4, -0.2) is 34.3 Å².